The molecule has 4 heteroatoms. The molecular weight excluding hydrogens is 180 g/mol. The van der Waals surface area contributed by atoms with Crippen molar-refractivity contribution in [2.75, 3.05) is 20.2 Å². The van der Waals surface area contributed by atoms with Crippen LogP contribution in [0.3, 0.4) is 0 Å². The van der Waals surface area contributed by atoms with Crippen LogP contribution in [0.25, 0.3) is 0 Å². The number of nitrogens with two attached hydrogens (primary N) is 1. The molecule has 0 fully saturated rings. The summed E-state index contributed by atoms with van der Waals surface area (Å²) in [6, 6.07) is 0. The van der Waals surface area contributed by atoms with Gasteiger partial charge in [-0.2, -0.15) is 0 Å². The minimum Gasteiger partial charge on any atom is -0.453 e. The lowest BCUT2D eigenvalue weighted by Gasteiger charge is -2.18. The standard InChI is InChI=1S/C10H22N2O2/c1-4-9(6-11)5-8(2)7-12-10(13)14-3/h8-9H,4-7,11H2,1-3H3,(H,12,13). The van der Waals surface area contributed by atoms with Crippen molar-refractivity contribution < 1.29 is 9.53 Å². The Morgan fingerprint density at radius 1 is 1.57 bits per heavy atom. The number of alkyl carbamates (subject to hydrolysis) is 1. The first-order chi connectivity index (χ1) is 6.63. The van der Waals surface area contributed by atoms with Gasteiger partial charge >= 0.3 is 6.09 Å². The van der Waals surface area contributed by atoms with Gasteiger partial charge in [0.1, 0.15) is 0 Å². The number of hydrogen-bond donors (Lipinski definition) is 2. The number of hydrogen-bond acceptors (Lipinski definition) is 3. The molecule has 2 unspecified atom stereocenters. The summed E-state index contributed by atoms with van der Waals surface area (Å²) in [6.45, 7) is 5.62. The smallest absolute Gasteiger partial charge is 0.406 e. The van der Waals surface area contributed by atoms with Crippen LogP contribution < -0.4 is 11.1 Å². The van der Waals surface area contributed by atoms with Gasteiger partial charge in [0.25, 0.3) is 0 Å². The molecule has 84 valence electrons. The van der Waals surface area contributed by atoms with Crippen LogP contribution in [0, 0.1) is 11.8 Å². The second-order valence-electron chi connectivity index (χ2n) is 3.72. The Bertz CT molecular complexity index is 158. The summed E-state index contributed by atoms with van der Waals surface area (Å²) < 4.78 is 4.48. The number of rotatable bonds is 6. The molecule has 4 nitrogen and oxygen atoms in total. The normalized spacial score (nSPS) is 14.6. The van der Waals surface area contributed by atoms with Gasteiger partial charge in [0.05, 0.1) is 7.11 Å². The fourth-order valence-electron chi connectivity index (χ4n) is 1.41. The molecule has 0 saturated heterocycles. The third-order valence-corrected chi connectivity index (χ3v) is 2.43. The fourth-order valence-corrected chi connectivity index (χ4v) is 1.41. The highest BCUT2D eigenvalue weighted by Gasteiger charge is 2.10. The van der Waals surface area contributed by atoms with Crippen LogP contribution in [-0.2, 0) is 4.74 Å². The van der Waals surface area contributed by atoms with Crippen molar-refractivity contribution in [3.63, 3.8) is 0 Å². The molecule has 2 atom stereocenters. The van der Waals surface area contributed by atoms with E-state index in [0.29, 0.717) is 18.4 Å². The third kappa shape index (κ3) is 5.80. The highest BCUT2D eigenvalue weighted by molar-refractivity contribution is 5.66. The molecule has 0 spiro atoms. The minimum atomic E-state index is -0.363. The first-order valence-corrected chi connectivity index (χ1v) is 5.15. The molecule has 0 aromatic rings. The minimum absolute atomic E-state index is 0.363. The molecule has 0 aliphatic rings. The number of ether oxygens (including phenoxy) is 1. The van der Waals surface area contributed by atoms with E-state index in [1.54, 1.807) is 0 Å². The predicted octanol–water partition coefficient (Wildman–Crippen LogP) is 1.35. The van der Waals surface area contributed by atoms with Crippen LogP contribution in [0.15, 0.2) is 0 Å². The summed E-state index contributed by atoms with van der Waals surface area (Å²) in [4.78, 5) is 10.8. The Kier molecular flexibility index (Phi) is 7.20. The highest BCUT2D eigenvalue weighted by atomic mass is 16.5. The van der Waals surface area contributed by atoms with Crippen LogP contribution in [-0.4, -0.2) is 26.3 Å². The lowest BCUT2D eigenvalue weighted by atomic mass is 9.94. The molecule has 0 radical (unpaired) electrons. The zero-order chi connectivity index (χ0) is 11.0. The van der Waals surface area contributed by atoms with Crippen molar-refractivity contribution in [2.24, 2.45) is 17.6 Å². The van der Waals surface area contributed by atoms with Crippen molar-refractivity contribution in [3.05, 3.63) is 0 Å². The maximum Gasteiger partial charge on any atom is 0.406 e. The third-order valence-electron chi connectivity index (χ3n) is 2.43. The van der Waals surface area contributed by atoms with E-state index in [9.17, 15) is 4.79 Å². The molecular formula is C10H22N2O2. The van der Waals surface area contributed by atoms with E-state index >= 15 is 0 Å². The Labute approximate surface area is 86.2 Å². The fraction of sp³-hybridized carbons (Fsp3) is 0.900. The van der Waals surface area contributed by atoms with E-state index in [2.05, 4.69) is 23.9 Å². The van der Waals surface area contributed by atoms with Gasteiger partial charge in [-0.25, -0.2) is 4.79 Å². The number of nitrogens with one attached hydrogen (secondary N) is 1. The van der Waals surface area contributed by atoms with Gasteiger partial charge in [0, 0.05) is 6.54 Å². The van der Waals surface area contributed by atoms with Gasteiger partial charge < -0.3 is 15.8 Å². The molecule has 0 aliphatic heterocycles. The molecule has 1 amide bonds. The van der Waals surface area contributed by atoms with Crippen LogP contribution in [0.4, 0.5) is 4.79 Å². The molecule has 14 heavy (non-hydrogen) atoms. The average Bonchev–Trinajstić information content (AvgIpc) is 2.22. The number of carbonyl (C=O) groups excluding carboxylic acids is 1. The largest absolute Gasteiger partial charge is 0.453 e. The lowest BCUT2D eigenvalue weighted by Crippen LogP contribution is -2.29. The Morgan fingerprint density at radius 2 is 2.21 bits per heavy atom. The van der Waals surface area contributed by atoms with Gasteiger partial charge in [-0.15, -0.1) is 0 Å². The Morgan fingerprint density at radius 3 is 2.64 bits per heavy atom. The highest BCUT2D eigenvalue weighted by Crippen LogP contribution is 2.13. The van der Waals surface area contributed by atoms with E-state index in [-0.39, 0.29) is 6.09 Å². The quantitative estimate of drug-likeness (QED) is 0.683. The van der Waals surface area contributed by atoms with Crippen molar-refractivity contribution >= 4 is 6.09 Å². The zero-order valence-electron chi connectivity index (χ0n) is 9.38. The monoisotopic (exact) mass is 202 g/mol. The maximum atomic E-state index is 10.8. The molecule has 0 aliphatic carbocycles. The molecule has 0 heterocycles. The first kappa shape index (κ1) is 13.2. The summed E-state index contributed by atoms with van der Waals surface area (Å²) >= 11 is 0. The molecule has 0 aromatic heterocycles. The van der Waals surface area contributed by atoms with E-state index in [1.807, 2.05) is 0 Å². The van der Waals surface area contributed by atoms with Gasteiger partial charge in [-0.3, -0.25) is 0 Å². The van der Waals surface area contributed by atoms with E-state index < -0.39 is 0 Å². The average molecular weight is 202 g/mol. The molecule has 0 aromatic carbocycles. The summed E-state index contributed by atoms with van der Waals surface area (Å²) in [5.41, 5.74) is 5.60. The number of amides is 1. The molecule has 3 N–H and O–H groups in total. The van der Waals surface area contributed by atoms with Gasteiger partial charge in [-0.1, -0.05) is 20.3 Å². The SMILES string of the molecule is CCC(CN)CC(C)CNC(=O)OC. The van der Waals surface area contributed by atoms with E-state index in [1.165, 1.54) is 7.11 Å². The molecule has 0 rings (SSSR count). The Hall–Kier alpha value is -0.770. The number of methoxy groups -OCH3 is 1. The maximum absolute atomic E-state index is 10.8. The van der Waals surface area contributed by atoms with Crippen LogP contribution in [0.5, 0.6) is 0 Å². The number of carbonyl (C=O) groups is 1. The van der Waals surface area contributed by atoms with Crippen LogP contribution >= 0.6 is 0 Å². The predicted molar refractivity (Wildman–Crippen MR) is 57.0 cm³/mol. The van der Waals surface area contributed by atoms with Gasteiger partial charge in [0.15, 0.2) is 0 Å². The molecule has 0 bridgehead atoms. The van der Waals surface area contributed by atoms with Crippen molar-refractivity contribution in [1.82, 2.24) is 5.32 Å². The van der Waals surface area contributed by atoms with Crippen LogP contribution in [0.1, 0.15) is 26.7 Å². The van der Waals surface area contributed by atoms with Crippen molar-refractivity contribution in [3.8, 4) is 0 Å². The Balaban J connectivity index is 3.63. The van der Waals surface area contributed by atoms with Crippen LogP contribution in [0.2, 0.25) is 0 Å². The lowest BCUT2D eigenvalue weighted by molar-refractivity contribution is 0.168. The van der Waals surface area contributed by atoms with E-state index in [0.717, 1.165) is 19.4 Å². The summed E-state index contributed by atoms with van der Waals surface area (Å²) in [5.74, 6) is 1.01. The second kappa shape index (κ2) is 7.62. The summed E-state index contributed by atoms with van der Waals surface area (Å²) in [7, 11) is 1.37. The molecule has 0 saturated carbocycles. The van der Waals surface area contributed by atoms with Crippen molar-refractivity contribution in [2.45, 2.75) is 26.7 Å². The second-order valence-corrected chi connectivity index (χ2v) is 3.72. The summed E-state index contributed by atoms with van der Waals surface area (Å²) in [5, 5.41) is 2.68. The summed E-state index contributed by atoms with van der Waals surface area (Å²) in [6.07, 6.45) is 1.79. The van der Waals surface area contributed by atoms with E-state index in [4.69, 9.17) is 5.73 Å². The van der Waals surface area contributed by atoms with Gasteiger partial charge in [-0.05, 0) is 24.8 Å². The first-order valence-electron chi connectivity index (χ1n) is 5.15. The topological polar surface area (TPSA) is 64.3 Å². The van der Waals surface area contributed by atoms with Crippen molar-refractivity contribution in [1.29, 1.82) is 0 Å². The zero-order valence-corrected chi connectivity index (χ0v) is 9.38. The van der Waals surface area contributed by atoms with Gasteiger partial charge in [0.2, 0.25) is 0 Å².